The second-order valence-electron chi connectivity index (χ2n) is 3.93. The van der Waals surface area contributed by atoms with Crippen LogP contribution in [0.15, 0.2) is 36.4 Å². The van der Waals surface area contributed by atoms with Crippen LogP contribution in [-0.2, 0) is 0 Å². The van der Waals surface area contributed by atoms with Crippen molar-refractivity contribution in [1.82, 2.24) is 5.43 Å². The van der Waals surface area contributed by atoms with Crippen molar-refractivity contribution in [2.45, 2.75) is 6.04 Å². The van der Waals surface area contributed by atoms with E-state index in [1.807, 2.05) is 0 Å². The van der Waals surface area contributed by atoms with Gasteiger partial charge in [0.2, 0.25) is 0 Å². The highest BCUT2D eigenvalue weighted by atomic mass is 35.5. The third kappa shape index (κ3) is 2.89. The fourth-order valence-corrected chi connectivity index (χ4v) is 2.09. The third-order valence-electron chi connectivity index (χ3n) is 2.71. The van der Waals surface area contributed by atoms with Crippen LogP contribution in [0, 0.1) is 17.5 Å². The van der Waals surface area contributed by atoms with E-state index >= 15 is 0 Å². The van der Waals surface area contributed by atoms with E-state index in [1.54, 1.807) is 0 Å². The highest BCUT2D eigenvalue weighted by Crippen LogP contribution is 2.30. The molecule has 2 rings (SSSR count). The van der Waals surface area contributed by atoms with Crippen LogP contribution in [0.25, 0.3) is 0 Å². The maximum atomic E-state index is 13.7. The number of halogens is 4. The Morgan fingerprint density at radius 3 is 2.05 bits per heavy atom. The number of hydrogen-bond donors (Lipinski definition) is 2. The van der Waals surface area contributed by atoms with Gasteiger partial charge < -0.3 is 0 Å². The van der Waals surface area contributed by atoms with Crippen molar-refractivity contribution < 1.29 is 13.2 Å². The van der Waals surface area contributed by atoms with E-state index in [-0.39, 0.29) is 10.6 Å². The van der Waals surface area contributed by atoms with Crippen molar-refractivity contribution in [3.63, 3.8) is 0 Å². The van der Waals surface area contributed by atoms with Gasteiger partial charge in [0, 0.05) is 16.7 Å². The van der Waals surface area contributed by atoms with Gasteiger partial charge in [0.1, 0.15) is 17.5 Å². The molecule has 0 aliphatic heterocycles. The number of nitrogens with two attached hydrogens (primary N) is 1. The van der Waals surface area contributed by atoms with Gasteiger partial charge >= 0.3 is 0 Å². The van der Waals surface area contributed by atoms with Crippen LogP contribution in [0.5, 0.6) is 0 Å². The quantitative estimate of drug-likeness (QED) is 0.671. The van der Waals surface area contributed by atoms with Crippen molar-refractivity contribution in [3.8, 4) is 0 Å². The van der Waals surface area contributed by atoms with Crippen LogP contribution in [0.3, 0.4) is 0 Å². The smallest absolute Gasteiger partial charge is 0.131 e. The fraction of sp³-hybridized carbons (Fsp3) is 0.0769. The molecule has 2 aromatic rings. The molecule has 0 aromatic heterocycles. The van der Waals surface area contributed by atoms with Crippen LogP contribution in [-0.4, -0.2) is 0 Å². The maximum Gasteiger partial charge on any atom is 0.131 e. The molecule has 0 saturated heterocycles. The number of hydrazine groups is 1. The Morgan fingerprint density at radius 1 is 0.947 bits per heavy atom. The average Bonchev–Trinajstić information content (AvgIpc) is 2.34. The lowest BCUT2D eigenvalue weighted by molar-refractivity contribution is 0.541. The summed E-state index contributed by atoms with van der Waals surface area (Å²) in [6, 6.07) is 6.00. The first-order valence-electron chi connectivity index (χ1n) is 5.39. The molecule has 19 heavy (non-hydrogen) atoms. The van der Waals surface area contributed by atoms with E-state index in [1.165, 1.54) is 18.2 Å². The third-order valence-corrected chi connectivity index (χ3v) is 3.04. The number of rotatable bonds is 3. The van der Waals surface area contributed by atoms with E-state index in [2.05, 4.69) is 5.43 Å². The molecule has 3 N–H and O–H groups in total. The van der Waals surface area contributed by atoms with Gasteiger partial charge in [0.15, 0.2) is 0 Å². The van der Waals surface area contributed by atoms with Crippen molar-refractivity contribution in [2.24, 2.45) is 5.84 Å². The molecule has 0 aliphatic rings. The second kappa shape index (κ2) is 5.61. The lowest BCUT2D eigenvalue weighted by Crippen LogP contribution is -2.29. The maximum absolute atomic E-state index is 13.7. The van der Waals surface area contributed by atoms with Crippen LogP contribution in [0.1, 0.15) is 17.2 Å². The van der Waals surface area contributed by atoms with Gasteiger partial charge in [-0.05, 0) is 23.8 Å². The zero-order valence-electron chi connectivity index (χ0n) is 9.63. The number of benzene rings is 2. The second-order valence-corrected chi connectivity index (χ2v) is 4.34. The summed E-state index contributed by atoms with van der Waals surface area (Å²) in [6.07, 6.45) is 0. The minimum absolute atomic E-state index is 0.103. The molecule has 0 heterocycles. The van der Waals surface area contributed by atoms with Gasteiger partial charge in [0.05, 0.1) is 6.04 Å². The van der Waals surface area contributed by atoms with E-state index in [4.69, 9.17) is 17.4 Å². The molecule has 0 radical (unpaired) electrons. The van der Waals surface area contributed by atoms with Gasteiger partial charge in [-0.3, -0.25) is 5.84 Å². The van der Waals surface area contributed by atoms with Gasteiger partial charge in [0.25, 0.3) is 0 Å². The molecule has 2 nitrogen and oxygen atoms in total. The minimum Gasteiger partial charge on any atom is -0.271 e. The zero-order valence-corrected chi connectivity index (χ0v) is 10.4. The molecule has 2 aromatic carbocycles. The average molecular weight is 287 g/mol. The summed E-state index contributed by atoms with van der Waals surface area (Å²) in [5, 5.41) is 0.103. The topological polar surface area (TPSA) is 38.0 Å². The summed E-state index contributed by atoms with van der Waals surface area (Å²) >= 11 is 5.90. The van der Waals surface area contributed by atoms with Gasteiger partial charge in [-0.2, -0.15) is 0 Å². The number of nitrogens with one attached hydrogen (secondary N) is 1. The fourth-order valence-electron chi connectivity index (χ4n) is 1.82. The van der Waals surface area contributed by atoms with Crippen molar-refractivity contribution >= 4 is 11.6 Å². The Morgan fingerprint density at radius 2 is 1.53 bits per heavy atom. The van der Waals surface area contributed by atoms with Crippen LogP contribution < -0.4 is 11.3 Å². The Balaban J connectivity index is 2.50. The highest BCUT2D eigenvalue weighted by Gasteiger charge is 2.19. The Bertz CT molecular complexity index is 553. The Kier molecular flexibility index (Phi) is 4.09. The summed E-state index contributed by atoms with van der Waals surface area (Å²) in [7, 11) is 0. The van der Waals surface area contributed by atoms with Crippen molar-refractivity contribution in [3.05, 3.63) is 70.0 Å². The first kappa shape index (κ1) is 13.9. The monoisotopic (exact) mass is 286 g/mol. The van der Waals surface area contributed by atoms with Crippen molar-refractivity contribution in [2.75, 3.05) is 0 Å². The molecule has 0 amide bonds. The summed E-state index contributed by atoms with van der Waals surface area (Å²) in [5.74, 6) is 3.42. The van der Waals surface area contributed by atoms with Crippen LogP contribution in [0.4, 0.5) is 13.2 Å². The van der Waals surface area contributed by atoms with Crippen LogP contribution in [0.2, 0.25) is 5.02 Å². The molecule has 0 aliphatic carbocycles. The molecule has 1 atom stereocenters. The predicted octanol–water partition coefficient (Wildman–Crippen LogP) is 3.31. The largest absolute Gasteiger partial charge is 0.271 e. The van der Waals surface area contributed by atoms with Gasteiger partial charge in [-0.15, -0.1) is 0 Å². The SMILES string of the molecule is NNC(c1ccc(F)cc1F)c1ccc(F)cc1Cl. The normalized spacial score (nSPS) is 12.5. The predicted molar refractivity (Wildman–Crippen MR) is 66.9 cm³/mol. The summed E-state index contributed by atoms with van der Waals surface area (Å²) in [6.45, 7) is 0. The molecule has 0 bridgehead atoms. The lowest BCUT2D eigenvalue weighted by Gasteiger charge is -2.18. The molecular weight excluding hydrogens is 277 g/mol. The van der Waals surface area contributed by atoms with Gasteiger partial charge in [-0.25, -0.2) is 18.6 Å². The minimum atomic E-state index is -0.798. The summed E-state index contributed by atoms with van der Waals surface area (Å²) < 4.78 is 39.6. The first-order valence-corrected chi connectivity index (χ1v) is 5.76. The molecule has 0 spiro atoms. The lowest BCUT2D eigenvalue weighted by atomic mass is 9.98. The Labute approximate surface area is 113 Å². The van der Waals surface area contributed by atoms with Crippen molar-refractivity contribution in [1.29, 1.82) is 0 Å². The molecular formula is C13H10ClF3N2. The standard InChI is InChI=1S/C13H10ClF3N2/c14-11-5-7(15)1-3-9(11)13(19-18)10-4-2-8(16)6-12(10)17/h1-6,13,19H,18H2. The molecule has 0 saturated carbocycles. The van der Waals surface area contributed by atoms with Crippen LogP contribution >= 0.6 is 11.6 Å². The zero-order chi connectivity index (χ0) is 14.0. The van der Waals surface area contributed by atoms with E-state index in [9.17, 15) is 13.2 Å². The molecule has 0 fully saturated rings. The Hall–Kier alpha value is -1.56. The molecule has 6 heteroatoms. The highest BCUT2D eigenvalue weighted by molar-refractivity contribution is 6.31. The summed E-state index contributed by atoms with van der Waals surface area (Å²) in [4.78, 5) is 0. The van der Waals surface area contributed by atoms with Gasteiger partial charge in [-0.1, -0.05) is 23.7 Å². The summed E-state index contributed by atoms with van der Waals surface area (Å²) in [5.41, 5.74) is 2.91. The van der Waals surface area contributed by atoms with E-state index in [0.29, 0.717) is 5.56 Å². The molecule has 1 unspecified atom stereocenters. The number of hydrogen-bond acceptors (Lipinski definition) is 2. The van der Waals surface area contributed by atoms with E-state index in [0.717, 1.165) is 18.2 Å². The van der Waals surface area contributed by atoms with E-state index < -0.39 is 23.5 Å². The first-order chi connectivity index (χ1) is 9.02. The molecule has 100 valence electrons.